The summed E-state index contributed by atoms with van der Waals surface area (Å²) in [5, 5.41) is 13.6. The Labute approximate surface area is 196 Å². The molecule has 0 spiro atoms. The smallest absolute Gasteiger partial charge is 0.337 e. The Hall–Kier alpha value is -3.61. The van der Waals surface area contributed by atoms with Crippen LogP contribution in [-0.4, -0.2) is 30.5 Å². The van der Waals surface area contributed by atoms with Gasteiger partial charge in [-0.1, -0.05) is 59.2 Å². The van der Waals surface area contributed by atoms with Gasteiger partial charge in [-0.25, -0.2) is 4.79 Å². The third kappa shape index (κ3) is 4.35. The lowest BCUT2D eigenvalue weighted by atomic mass is 9.92. The molecule has 0 saturated heterocycles. The van der Waals surface area contributed by atoms with Gasteiger partial charge in [0.05, 0.1) is 24.3 Å². The van der Waals surface area contributed by atoms with Gasteiger partial charge in [0.15, 0.2) is 5.76 Å². The molecule has 0 aliphatic rings. The molecule has 3 aromatic carbocycles. The highest BCUT2D eigenvalue weighted by Crippen LogP contribution is 2.38. The third-order valence-corrected chi connectivity index (χ3v) is 5.86. The molecule has 0 aliphatic heterocycles. The van der Waals surface area contributed by atoms with E-state index in [1.54, 1.807) is 13.2 Å². The van der Waals surface area contributed by atoms with Crippen molar-refractivity contribution < 1.29 is 23.9 Å². The zero-order valence-corrected chi connectivity index (χ0v) is 19.1. The molecule has 0 radical (unpaired) electrons. The summed E-state index contributed by atoms with van der Waals surface area (Å²) in [4.78, 5) is 11.4. The van der Waals surface area contributed by atoms with E-state index in [0.29, 0.717) is 29.4 Å². The number of nitrogens with zero attached hydrogens (tertiary/aromatic N) is 1. The lowest BCUT2D eigenvalue weighted by Crippen LogP contribution is -2.00. The van der Waals surface area contributed by atoms with E-state index in [0.717, 1.165) is 27.8 Å². The van der Waals surface area contributed by atoms with Crippen molar-refractivity contribution in [3.63, 3.8) is 0 Å². The second kappa shape index (κ2) is 9.48. The molecule has 7 heteroatoms. The number of aromatic nitrogens is 1. The Morgan fingerprint density at radius 3 is 2.42 bits per heavy atom. The van der Waals surface area contributed by atoms with Crippen LogP contribution in [0.4, 0.5) is 0 Å². The summed E-state index contributed by atoms with van der Waals surface area (Å²) in [6.45, 7) is 2.46. The SMILES string of the molecule is COCc1c(-c2cc(-c3cc(Cl)c(C(=O)O)cc3OC)no2)ccc(-c2ccccc2)c1C. The quantitative estimate of drug-likeness (QED) is 0.337. The maximum absolute atomic E-state index is 11.4. The van der Waals surface area contributed by atoms with Gasteiger partial charge in [0, 0.05) is 24.3 Å². The van der Waals surface area contributed by atoms with Crippen molar-refractivity contribution in [3.05, 3.63) is 82.4 Å². The van der Waals surface area contributed by atoms with Gasteiger partial charge >= 0.3 is 5.97 Å². The average Bonchev–Trinajstić information content (AvgIpc) is 3.30. The summed E-state index contributed by atoms with van der Waals surface area (Å²) in [7, 11) is 3.11. The molecule has 4 rings (SSSR count). The van der Waals surface area contributed by atoms with Gasteiger partial charge in [-0.2, -0.15) is 0 Å². The largest absolute Gasteiger partial charge is 0.496 e. The predicted molar refractivity (Wildman–Crippen MR) is 127 cm³/mol. The van der Waals surface area contributed by atoms with Gasteiger partial charge in [-0.3, -0.25) is 0 Å². The summed E-state index contributed by atoms with van der Waals surface area (Å²) in [5.74, 6) is -0.242. The number of carboxylic acid groups (broad SMARTS) is 1. The number of halogens is 1. The Morgan fingerprint density at radius 2 is 1.76 bits per heavy atom. The molecule has 0 bridgehead atoms. The van der Waals surface area contributed by atoms with Crippen LogP contribution in [0.1, 0.15) is 21.5 Å². The summed E-state index contributed by atoms with van der Waals surface area (Å²) < 4.78 is 16.6. The highest BCUT2D eigenvalue weighted by Gasteiger charge is 2.20. The first kappa shape index (κ1) is 22.6. The van der Waals surface area contributed by atoms with Crippen LogP contribution in [-0.2, 0) is 11.3 Å². The molecule has 1 heterocycles. The normalized spacial score (nSPS) is 10.9. The standard InChI is InChI=1S/C26H22ClNO5/c1-15-17(16-7-5-4-6-8-16)9-10-18(21(15)14-31-2)25-13-23(28-33-25)20-11-22(27)19(26(29)30)12-24(20)32-3/h4-13H,14H2,1-3H3,(H,29,30). The topological polar surface area (TPSA) is 81.8 Å². The number of hydrogen-bond acceptors (Lipinski definition) is 5. The molecule has 0 unspecified atom stereocenters. The minimum atomic E-state index is -1.14. The number of rotatable bonds is 7. The molecule has 1 N–H and O–H groups in total. The molecular formula is C26H22ClNO5. The molecule has 0 aliphatic carbocycles. The molecule has 1 aromatic heterocycles. The number of aromatic carboxylic acids is 1. The Kier molecular flexibility index (Phi) is 6.49. The molecule has 0 atom stereocenters. The van der Waals surface area contributed by atoms with Crippen molar-refractivity contribution in [3.8, 4) is 39.5 Å². The van der Waals surface area contributed by atoms with Gasteiger partial charge in [-0.05, 0) is 41.3 Å². The third-order valence-electron chi connectivity index (χ3n) is 5.54. The molecule has 33 heavy (non-hydrogen) atoms. The van der Waals surface area contributed by atoms with Crippen molar-refractivity contribution in [1.82, 2.24) is 5.16 Å². The highest BCUT2D eigenvalue weighted by molar-refractivity contribution is 6.34. The van der Waals surface area contributed by atoms with Crippen LogP contribution in [0.3, 0.4) is 0 Å². The van der Waals surface area contributed by atoms with Crippen molar-refractivity contribution in [2.24, 2.45) is 0 Å². The van der Waals surface area contributed by atoms with E-state index < -0.39 is 5.97 Å². The van der Waals surface area contributed by atoms with Gasteiger partial charge < -0.3 is 19.1 Å². The Balaban J connectivity index is 1.80. The molecule has 0 fully saturated rings. The predicted octanol–water partition coefficient (Wildman–Crippen LogP) is 6.49. The first-order valence-corrected chi connectivity index (χ1v) is 10.6. The number of benzene rings is 3. The summed E-state index contributed by atoms with van der Waals surface area (Å²) >= 11 is 6.18. The van der Waals surface area contributed by atoms with E-state index in [9.17, 15) is 9.90 Å². The van der Waals surface area contributed by atoms with Gasteiger partial charge in [-0.15, -0.1) is 0 Å². The Morgan fingerprint density at radius 1 is 1.03 bits per heavy atom. The van der Waals surface area contributed by atoms with Crippen molar-refractivity contribution in [2.45, 2.75) is 13.5 Å². The van der Waals surface area contributed by atoms with E-state index in [4.69, 9.17) is 25.6 Å². The van der Waals surface area contributed by atoms with Gasteiger partial charge in [0.25, 0.3) is 0 Å². The zero-order valence-electron chi connectivity index (χ0n) is 18.4. The van der Waals surface area contributed by atoms with E-state index in [-0.39, 0.29) is 10.6 Å². The van der Waals surface area contributed by atoms with Crippen LogP contribution < -0.4 is 4.74 Å². The van der Waals surface area contributed by atoms with Crippen LogP contribution in [0.5, 0.6) is 5.75 Å². The number of carbonyl (C=O) groups is 1. The minimum absolute atomic E-state index is 0.0458. The van der Waals surface area contributed by atoms with E-state index in [1.807, 2.05) is 24.3 Å². The fourth-order valence-electron chi connectivity index (χ4n) is 3.86. The van der Waals surface area contributed by atoms with Crippen molar-refractivity contribution >= 4 is 17.6 Å². The van der Waals surface area contributed by atoms with Crippen LogP contribution in [0, 0.1) is 6.92 Å². The van der Waals surface area contributed by atoms with Crippen molar-refractivity contribution in [1.29, 1.82) is 0 Å². The number of ether oxygens (including phenoxy) is 2. The first-order valence-electron chi connectivity index (χ1n) is 10.2. The summed E-state index contributed by atoms with van der Waals surface area (Å²) in [6.07, 6.45) is 0. The maximum atomic E-state index is 11.4. The monoisotopic (exact) mass is 463 g/mol. The second-order valence-electron chi connectivity index (χ2n) is 7.48. The first-order chi connectivity index (χ1) is 15.9. The molecule has 0 saturated carbocycles. The highest BCUT2D eigenvalue weighted by atomic mass is 35.5. The molecule has 0 amide bonds. The summed E-state index contributed by atoms with van der Waals surface area (Å²) in [6, 6.07) is 18.9. The number of hydrogen-bond donors (Lipinski definition) is 1. The van der Waals surface area contributed by atoms with Crippen LogP contribution in [0.25, 0.3) is 33.7 Å². The molecule has 4 aromatic rings. The summed E-state index contributed by atoms with van der Waals surface area (Å²) in [5.41, 5.74) is 6.15. The van der Waals surface area contributed by atoms with E-state index >= 15 is 0 Å². The number of methoxy groups -OCH3 is 2. The molecular weight excluding hydrogens is 442 g/mol. The second-order valence-corrected chi connectivity index (χ2v) is 7.88. The van der Waals surface area contributed by atoms with E-state index in [2.05, 4.69) is 30.3 Å². The molecule has 6 nitrogen and oxygen atoms in total. The van der Waals surface area contributed by atoms with Crippen molar-refractivity contribution in [2.75, 3.05) is 14.2 Å². The van der Waals surface area contributed by atoms with Crippen LogP contribution >= 0.6 is 11.6 Å². The van der Waals surface area contributed by atoms with Crippen LogP contribution in [0.15, 0.2) is 65.2 Å². The van der Waals surface area contributed by atoms with E-state index in [1.165, 1.54) is 19.2 Å². The lowest BCUT2D eigenvalue weighted by molar-refractivity contribution is 0.0696. The Bertz CT molecular complexity index is 1310. The zero-order chi connectivity index (χ0) is 23.5. The maximum Gasteiger partial charge on any atom is 0.337 e. The fourth-order valence-corrected chi connectivity index (χ4v) is 4.11. The molecule has 168 valence electrons. The van der Waals surface area contributed by atoms with Crippen LogP contribution in [0.2, 0.25) is 5.02 Å². The minimum Gasteiger partial charge on any atom is -0.496 e. The lowest BCUT2D eigenvalue weighted by Gasteiger charge is -2.15. The van der Waals surface area contributed by atoms with Gasteiger partial charge in [0.2, 0.25) is 0 Å². The fraction of sp³-hybridized carbons (Fsp3) is 0.154. The number of carboxylic acids is 1. The average molecular weight is 464 g/mol. The van der Waals surface area contributed by atoms with Gasteiger partial charge in [0.1, 0.15) is 11.4 Å².